The molecule has 1 aliphatic heterocycles. The van der Waals surface area contributed by atoms with Crippen molar-refractivity contribution in [3.05, 3.63) is 22.7 Å². The van der Waals surface area contributed by atoms with Crippen molar-refractivity contribution < 1.29 is 14.1 Å². The molecule has 1 aliphatic rings. The monoisotopic (exact) mass is 321 g/mol. The lowest BCUT2D eigenvalue weighted by molar-refractivity contribution is 0.0871. The quantitative estimate of drug-likeness (QED) is 0.865. The molecule has 1 saturated heterocycles. The molecule has 3 rings (SSSR count). The van der Waals surface area contributed by atoms with Crippen LogP contribution in [0.15, 0.2) is 21.3 Å². The standard InChI is InChI=1S/C15H19N3O3S/c1-2-20-15(19)18-6-3-4-11(9-18)8-13-16-14(17-21-13)12-5-7-22-10-12/h5,7,10-11H,2-4,6,8-9H2,1H3. The smallest absolute Gasteiger partial charge is 0.409 e. The summed E-state index contributed by atoms with van der Waals surface area (Å²) < 4.78 is 10.4. The maximum absolute atomic E-state index is 11.8. The molecule has 2 aromatic rings. The second kappa shape index (κ2) is 6.91. The van der Waals surface area contributed by atoms with Crippen LogP contribution in [0.25, 0.3) is 11.4 Å². The van der Waals surface area contributed by atoms with Crippen molar-refractivity contribution in [1.82, 2.24) is 15.0 Å². The predicted molar refractivity (Wildman–Crippen MR) is 82.6 cm³/mol. The lowest BCUT2D eigenvalue weighted by Gasteiger charge is -2.31. The van der Waals surface area contributed by atoms with Crippen LogP contribution in [0.1, 0.15) is 25.7 Å². The normalized spacial score (nSPS) is 18.4. The lowest BCUT2D eigenvalue weighted by Crippen LogP contribution is -2.40. The first kappa shape index (κ1) is 15.0. The lowest BCUT2D eigenvalue weighted by atomic mass is 9.95. The third-order valence-electron chi connectivity index (χ3n) is 3.76. The SMILES string of the molecule is CCOC(=O)N1CCCC(Cc2nc(-c3ccsc3)no2)C1. The Hall–Kier alpha value is -1.89. The maximum Gasteiger partial charge on any atom is 0.409 e. The Morgan fingerprint density at radius 3 is 3.27 bits per heavy atom. The first-order valence-corrected chi connectivity index (χ1v) is 8.47. The van der Waals surface area contributed by atoms with Crippen molar-refractivity contribution in [2.75, 3.05) is 19.7 Å². The molecule has 1 unspecified atom stereocenters. The molecule has 0 spiro atoms. The van der Waals surface area contributed by atoms with Gasteiger partial charge in [0.05, 0.1) is 6.61 Å². The Bertz CT molecular complexity index is 611. The van der Waals surface area contributed by atoms with Crippen LogP contribution in [0.5, 0.6) is 0 Å². The fraction of sp³-hybridized carbons (Fsp3) is 0.533. The Morgan fingerprint density at radius 2 is 2.50 bits per heavy atom. The highest BCUT2D eigenvalue weighted by Gasteiger charge is 2.26. The van der Waals surface area contributed by atoms with Crippen molar-refractivity contribution in [3.63, 3.8) is 0 Å². The molecule has 2 aromatic heterocycles. The zero-order chi connectivity index (χ0) is 15.4. The summed E-state index contributed by atoms with van der Waals surface area (Å²) in [6.07, 6.45) is 2.52. The number of carbonyl (C=O) groups is 1. The molecule has 0 radical (unpaired) electrons. The van der Waals surface area contributed by atoms with Crippen LogP contribution < -0.4 is 0 Å². The summed E-state index contributed by atoms with van der Waals surface area (Å²) in [6.45, 7) is 3.69. The van der Waals surface area contributed by atoms with Gasteiger partial charge in [0.15, 0.2) is 0 Å². The number of nitrogens with zero attached hydrogens (tertiary/aromatic N) is 3. The van der Waals surface area contributed by atoms with Crippen LogP contribution >= 0.6 is 11.3 Å². The van der Waals surface area contributed by atoms with Crippen molar-refractivity contribution in [2.24, 2.45) is 5.92 Å². The largest absolute Gasteiger partial charge is 0.450 e. The highest BCUT2D eigenvalue weighted by Crippen LogP contribution is 2.23. The van der Waals surface area contributed by atoms with E-state index in [-0.39, 0.29) is 6.09 Å². The Kier molecular flexibility index (Phi) is 4.72. The number of amides is 1. The molecule has 0 bridgehead atoms. The van der Waals surface area contributed by atoms with Gasteiger partial charge in [0.25, 0.3) is 0 Å². The Morgan fingerprint density at radius 1 is 1.59 bits per heavy atom. The predicted octanol–water partition coefficient (Wildman–Crippen LogP) is 3.21. The average Bonchev–Trinajstić information content (AvgIpc) is 3.18. The fourth-order valence-electron chi connectivity index (χ4n) is 2.71. The average molecular weight is 321 g/mol. The Balaban J connectivity index is 1.60. The number of ether oxygens (including phenoxy) is 1. The number of carbonyl (C=O) groups excluding carboxylic acids is 1. The molecule has 0 saturated carbocycles. The number of thiophene rings is 1. The summed E-state index contributed by atoms with van der Waals surface area (Å²) in [5.74, 6) is 1.61. The van der Waals surface area contributed by atoms with E-state index in [9.17, 15) is 4.79 Å². The molecular formula is C15H19N3O3S. The molecule has 0 aromatic carbocycles. The van der Waals surface area contributed by atoms with E-state index < -0.39 is 0 Å². The van der Waals surface area contributed by atoms with Crippen LogP contribution in [0.2, 0.25) is 0 Å². The summed E-state index contributed by atoms with van der Waals surface area (Å²) >= 11 is 1.61. The second-order valence-electron chi connectivity index (χ2n) is 5.38. The van der Waals surface area contributed by atoms with Gasteiger partial charge in [-0.3, -0.25) is 0 Å². The van der Waals surface area contributed by atoms with Gasteiger partial charge < -0.3 is 14.2 Å². The van der Waals surface area contributed by atoms with E-state index in [1.54, 1.807) is 16.2 Å². The highest BCUT2D eigenvalue weighted by atomic mass is 32.1. The Labute approximate surface area is 133 Å². The molecular weight excluding hydrogens is 302 g/mol. The van der Waals surface area contributed by atoms with Gasteiger partial charge >= 0.3 is 6.09 Å². The number of rotatable bonds is 4. The minimum absolute atomic E-state index is 0.225. The summed E-state index contributed by atoms with van der Waals surface area (Å²) in [5.41, 5.74) is 0.983. The zero-order valence-electron chi connectivity index (χ0n) is 12.5. The van der Waals surface area contributed by atoms with Gasteiger partial charge in [0.1, 0.15) is 0 Å². The van der Waals surface area contributed by atoms with Gasteiger partial charge in [-0.05, 0) is 37.1 Å². The molecule has 1 amide bonds. The van der Waals surface area contributed by atoms with Crippen molar-refractivity contribution in [1.29, 1.82) is 0 Å². The van der Waals surface area contributed by atoms with E-state index in [1.807, 2.05) is 23.8 Å². The van der Waals surface area contributed by atoms with Gasteiger partial charge in [-0.2, -0.15) is 16.3 Å². The topological polar surface area (TPSA) is 68.5 Å². The maximum atomic E-state index is 11.8. The molecule has 118 valence electrons. The minimum atomic E-state index is -0.225. The number of aromatic nitrogens is 2. The zero-order valence-corrected chi connectivity index (χ0v) is 13.3. The van der Waals surface area contributed by atoms with Crippen molar-refractivity contribution in [3.8, 4) is 11.4 Å². The van der Waals surface area contributed by atoms with Crippen molar-refractivity contribution >= 4 is 17.4 Å². The van der Waals surface area contributed by atoms with Gasteiger partial charge in [0.2, 0.25) is 11.7 Å². The van der Waals surface area contributed by atoms with Gasteiger partial charge in [0, 0.05) is 30.5 Å². The number of hydrogen-bond donors (Lipinski definition) is 0. The van der Waals surface area contributed by atoms with Gasteiger partial charge in [-0.15, -0.1) is 0 Å². The van der Waals surface area contributed by atoms with Gasteiger partial charge in [-0.25, -0.2) is 4.79 Å². The first-order chi connectivity index (χ1) is 10.8. The molecule has 1 atom stereocenters. The molecule has 0 aliphatic carbocycles. The molecule has 0 N–H and O–H groups in total. The first-order valence-electron chi connectivity index (χ1n) is 7.53. The fourth-order valence-corrected chi connectivity index (χ4v) is 3.34. The molecule has 7 heteroatoms. The van der Waals surface area contributed by atoms with Crippen LogP contribution in [0, 0.1) is 5.92 Å². The van der Waals surface area contributed by atoms with Crippen LogP contribution in [0.3, 0.4) is 0 Å². The van der Waals surface area contributed by atoms with Crippen LogP contribution in [0.4, 0.5) is 4.79 Å². The summed E-state index contributed by atoms with van der Waals surface area (Å²) in [7, 11) is 0. The van der Waals surface area contributed by atoms with E-state index >= 15 is 0 Å². The van der Waals surface area contributed by atoms with Crippen LogP contribution in [-0.4, -0.2) is 40.8 Å². The van der Waals surface area contributed by atoms with Crippen molar-refractivity contribution in [2.45, 2.75) is 26.2 Å². The summed E-state index contributed by atoms with van der Waals surface area (Å²) in [5, 5.41) is 8.01. The highest BCUT2D eigenvalue weighted by molar-refractivity contribution is 7.08. The summed E-state index contributed by atoms with van der Waals surface area (Å²) in [4.78, 5) is 18.0. The number of piperidine rings is 1. The third kappa shape index (κ3) is 3.47. The van der Waals surface area contributed by atoms with E-state index in [0.717, 1.165) is 24.9 Å². The molecule has 6 nitrogen and oxygen atoms in total. The molecule has 3 heterocycles. The molecule has 22 heavy (non-hydrogen) atoms. The second-order valence-corrected chi connectivity index (χ2v) is 6.16. The third-order valence-corrected chi connectivity index (χ3v) is 4.44. The number of hydrogen-bond acceptors (Lipinski definition) is 6. The summed E-state index contributed by atoms with van der Waals surface area (Å²) in [6, 6.07) is 1.97. The minimum Gasteiger partial charge on any atom is -0.450 e. The van der Waals surface area contributed by atoms with E-state index in [1.165, 1.54) is 0 Å². The number of likely N-dealkylation sites (tertiary alicyclic amines) is 1. The van der Waals surface area contributed by atoms with E-state index in [4.69, 9.17) is 9.26 Å². The van der Waals surface area contributed by atoms with Gasteiger partial charge in [-0.1, -0.05) is 5.16 Å². The molecule has 1 fully saturated rings. The van der Waals surface area contributed by atoms with E-state index in [0.29, 0.717) is 37.2 Å². The van der Waals surface area contributed by atoms with E-state index in [2.05, 4.69) is 10.1 Å². The van der Waals surface area contributed by atoms with Crippen LogP contribution in [-0.2, 0) is 11.2 Å².